The maximum atomic E-state index is 12.0. The van der Waals surface area contributed by atoms with E-state index >= 15 is 0 Å². The Morgan fingerprint density at radius 1 is 1.50 bits per heavy atom. The highest BCUT2D eigenvalue weighted by Crippen LogP contribution is 2.16. The lowest BCUT2D eigenvalue weighted by molar-refractivity contribution is 0.102. The first-order valence-electron chi connectivity index (χ1n) is 5.62. The largest absolute Gasteiger partial charge is 0.370 e. The molecule has 0 fully saturated rings. The third-order valence-electron chi connectivity index (χ3n) is 2.22. The van der Waals surface area contributed by atoms with Crippen molar-refractivity contribution < 1.29 is 4.79 Å². The number of hydrogen-bond acceptors (Lipinski definition) is 5. The van der Waals surface area contributed by atoms with Crippen molar-refractivity contribution in [2.45, 2.75) is 13.8 Å². The van der Waals surface area contributed by atoms with Crippen LogP contribution >= 0.6 is 11.3 Å². The molecule has 0 aliphatic rings. The van der Waals surface area contributed by atoms with Gasteiger partial charge in [-0.15, -0.1) is 11.3 Å². The predicted octanol–water partition coefficient (Wildman–Crippen LogP) is 2.53. The Morgan fingerprint density at radius 2 is 2.33 bits per heavy atom. The van der Waals surface area contributed by atoms with Gasteiger partial charge in [0.05, 0.1) is 5.69 Å². The first kappa shape index (κ1) is 12.5. The average molecular weight is 262 g/mol. The molecule has 2 aromatic rings. The number of hydrogen-bond donors (Lipinski definition) is 2. The molecule has 0 saturated heterocycles. The Kier molecular flexibility index (Phi) is 3.88. The lowest BCUT2D eigenvalue weighted by Gasteiger charge is -2.05. The number of aryl methyl sites for hydroxylation is 1. The lowest BCUT2D eigenvalue weighted by atomic mass is 10.2. The van der Waals surface area contributed by atoms with Gasteiger partial charge >= 0.3 is 0 Å². The Labute approximate surface area is 109 Å². The molecule has 0 bridgehead atoms. The van der Waals surface area contributed by atoms with Crippen LogP contribution in [-0.2, 0) is 0 Å². The van der Waals surface area contributed by atoms with E-state index in [0.717, 1.165) is 12.2 Å². The SMILES string of the molecule is CCNc1cc(C(=O)Nc2nc(C)cs2)ccn1. The van der Waals surface area contributed by atoms with Crippen molar-refractivity contribution in [2.75, 3.05) is 17.2 Å². The van der Waals surface area contributed by atoms with E-state index in [9.17, 15) is 4.79 Å². The summed E-state index contributed by atoms with van der Waals surface area (Å²) in [6, 6.07) is 3.40. The van der Waals surface area contributed by atoms with Crippen molar-refractivity contribution in [3.8, 4) is 0 Å². The van der Waals surface area contributed by atoms with E-state index in [4.69, 9.17) is 0 Å². The predicted molar refractivity (Wildman–Crippen MR) is 73.2 cm³/mol. The molecular weight excluding hydrogens is 248 g/mol. The molecule has 5 nitrogen and oxygen atoms in total. The van der Waals surface area contributed by atoms with Crippen molar-refractivity contribution in [1.82, 2.24) is 9.97 Å². The van der Waals surface area contributed by atoms with Crippen LogP contribution in [0.15, 0.2) is 23.7 Å². The number of aromatic nitrogens is 2. The highest BCUT2D eigenvalue weighted by Gasteiger charge is 2.09. The molecule has 0 spiro atoms. The van der Waals surface area contributed by atoms with Gasteiger partial charge in [0.2, 0.25) is 0 Å². The zero-order valence-electron chi connectivity index (χ0n) is 10.2. The van der Waals surface area contributed by atoms with Gasteiger partial charge in [0, 0.05) is 23.7 Å². The molecular formula is C12H14N4OS. The number of nitrogens with one attached hydrogen (secondary N) is 2. The summed E-state index contributed by atoms with van der Waals surface area (Å²) in [5, 5.41) is 8.33. The van der Waals surface area contributed by atoms with E-state index in [2.05, 4.69) is 20.6 Å². The molecule has 0 aliphatic heterocycles. The van der Waals surface area contributed by atoms with E-state index in [1.807, 2.05) is 19.2 Å². The molecule has 94 valence electrons. The standard InChI is InChI=1S/C12H14N4OS/c1-3-13-10-6-9(4-5-14-10)11(17)16-12-15-8(2)7-18-12/h4-7H,3H2,1-2H3,(H,13,14)(H,15,16,17). The number of rotatable bonds is 4. The summed E-state index contributed by atoms with van der Waals surface area (Å²) >= 11 is 1.41. The fourth-order valence-corrected chi connectivity index (χ4v) is 2.11. The van der Waals surface area contributed by atoms with Gasteiger partial charge in [-0.1, -0.05) is 0 Å². The minimum atomic E-state index is -0.175. The Hall–Kier alpha value is -1.95. The number of carbonyl (C=O) groups excluding carboxylic acids is 1. The molecule has 0 unspecified atom stereocenters. The zero-order valence-corrected chi connectivity index (χ0v) is 11.0. The van der Waals surface area contributed by atoms with Crippen LogP contribution in [-0.4, -0.2) is 22.4 Å². The molecule has 2 heterocycles. The number of nitrogens with zero attached hydrogens (tertiary/aromatic N) is 2. The quantitative estimate of drug-likeness (QED) is 0.888. The van der Waals surface area contributed by atoms with Crippen LogP contribution in [0.25, 0.3) is 0 Å². The van der Waals surface area contributed by atoms with Crippen LogP contribution < -0.4 is 10.6 Å². The van der Waals surface area contributed by atoms with E-state index in [0.29, 0.717) is 16.5 Å². The molecule has 18 heavy (non-hydrogen) atoms. The van der Waals surface area contributed by atoms with Crippen molar-refractivity contribution in [2.24, 2.45) is 0 Å². The minimum Gasteiger partial charge on any atom is -0.370 e. The van der Waals surface area contributed by atoms with Gasteiger partial charge in [0.15, 0.2) is 5.13 Å². The monoisotopic (exact) mass is 262 g/mol. The molecule has 0 atom stereocenters. The fraction of sp³-hybridized carbons (Fsp3) is 0.250. The van der Waals surface area contributed by atoms with Gasteiger partial charge in [-0.3, -0.25) is 10.1 Å². The van der Waals surface area contributed by atoms with Crippen molar-refractivity contribution in [3.63, 3.8) is 0 Å². The van der Waals surface area contributed by atoms with Gasteiger partial charge in [-0.05, 0) is 26.0 Å². The summed E-state index contributed by atoms with van der Waals surface area (Å²) in [7, 11) is 0. The summed E-state index contributed by atoms with van der Waals surface area (Å²) in [6.07, 6.45) is 1.61. The van der Waals surface area contributed by atoms with Crippen LogP contribution in [0.3, 0.4) is 0 Å². The summed E-state index contributed by atoms with van der Waals surface area (Å²) in [6.45, 7) is 4.64. The van der Waals surface area contributed by atoms with Gasteiger partial charge in [0.1, 0.15) is 5.82 Å². The summed E-state index contributed by atoms with van der Waals surface area (Å²) in [5.74, 6) is 0.520. The Morgan fingerprint density at radius 3 is 3.00 bits per heavy atom. The fourth-order valence-electron chi connectivity index (χ4n) is 1.43. The highest BCUT2D eigenvalue weighted by molar-refractivity contribution is 7.13. The van der Waals surface area contributed by atoms with E-state index < -0.39 is 0 Å². The Balaban J connectivity index is 2.11. The van der Waals surface area contributed by atoms with E-state index in [-0.39, 0.29) is 5.91 Å². The summed E-state index contributed by atoms with van der Waals surface area (Å²) in [4.78, 5) is 20.3. The third kappa shape index (κ3) is 3.04. The number of amides is 1. The van der Waals surface area contributed by atoms with Gasteiger partial charge in [-0.2, -0.15) is 0 Å². The molecule has 2 N–H and O–H groups in total. The smallest absolute Gasteiger partial charge is 0.257 e. The van der Waals surface area contributed by atoms with Gasteiger partial charge in [-0.25, -0.2) is 9.97 Å². The number of anilines is 2. The average Bonchev–Trinajstić information content (AvgIpc) is 2.75. The van der Waals surface area contributed by atoms with Crippen molar-refractivity contribution in [3.05, 3.63) is 35.0 Å². The van der Waals surface area contributed by atoms with Gasteiger partial charge < -0.3 is 5.32 Å². The van der Waals surface area contributed by atoms with Gasteiger partial charge in [0.25, 0.3) is 5.91 Å². The van der Waals surface area contributed by atoms with E-state index in [1.54, 1.807) is 18.3 Å². The molecule has 1 amide bonds. The lowest BCUT2D eigenvalue weighted by Crippen LogP contribution is -2.12. The topological polar surface area (TPSA) is 66.9 Å². The minimum absolute atomic E-state index is 0.175. The van der Waals surface area contributed by atoms with Crippen LogP contribution in [0.5, 0.6) is 0 Å². The zero-order chi connectivity index (χ0) is 13.0. The molecule has 6 heteroatoms. The first-order chi connectivity index (χ1) is 8.69. The maximum absolute atomic E-state index is 12.0. The van der Waals surface area contributed by atoms with Crippen LogP contribution in [0.1, 0.15) is 23.0 Å². The van der Waals surface area contributed by atoms with Crippen LogP contribution in [0.4, 0.5) is 10.9 Å². The van der Waals surface area contributed by atoms with Crippen LogP contribution in [0.2, 0.25) is 0 Å². The molecule has 0 aliphatic carbocycles. The van der Waals surface area contributed by atoms with Crippen LogP contribution in [0, 0.1) is 6.92 Å². The van der Waals surface area contributed by atoms with Crippen molar-refractivity contribution >= 4 is 28.2 Å². The van der Waals surface area contributed by atoms with E-state index in [1.165, 1.54) is 11.3 Å². The second kappa shape index (κ2) is 5.59. The molecule has 0 radical (unpaired) electrons. The maximum Gasteiger partial charge on any atom is 0.257 e. The number of carbonyl (C=O) groups is 1. The first-order valence-corrected chi connectivity index (χ1v) is 6.50. The molecule has 2 rings (SSSR count). The number of pyridine rings is 1. The van der Waals surface area contributed by atoms with Crippen molar-refractivity contribution in [1.29, 1.82) is 0 Å². The highest BCUT2D eigenvalue weighted by atomic mass is 32.1. The molecule has 0 aromatic carbocycles. The second-order valence-corrected chi connectivity index (χ2v) is 4.57. The summed E-state index contributed by atoms with van der Waals surface area (Å²) < 4.78 is 0. The normalized spacial score (nSPS) is 10.1. The number of thiazole rings is 1. The third-order valence-corrected chi connectivity index (χ3v) is 3.10. The second-order valence-electron chi connectivity index (χ2n) is 3.71. The Bertz CT molecular complexity index is 553. The molecule has 0 saturated carbocycles. The molecule has 2 aromatic heterocycles. The summed E-state index contributed by atoms with van der Waals surface area (Å²) in [5.41, 5.74) is 1.46.